The van der Waals surface area contributed by atoms with Gasteiger partial charge in [-0.1, -0.05) is 18.2 Å². The summed E-state index contributed by atoms with van der Waals surface area (Å²) in [5.74, 6) is -4.35. The van der Waals surface area contributed by atoms with Crippen LogP contribution in [0.4, 0.5) is 26.3 Å². The molecular weight excluding hydrogens is 366 g/mol. The first-order chi connectivity index (χ1) is 11.9. The van der Waals surface area contributed by atoms with Crippen LogP contribution in [0.25, 0.3) is 10.9 Å². The third-order valence-electron chi connectivity index (χ3n) is 4.44. The molecule has 1 aromatic carbocycles. The van der Waals surface area contributed by atoms with Gasteiger partial charge in [0, 0.05) is 11.9 Å². The molecule has 0 saturated carbocycles. The van der Waals surface area contributed by atoms with E-state index in [0.717, 1.165) is 0 Å². The number of amides is 1. The number of halogens is 6. The average Bonchev–Trinajstić information content (AvgIpc) is 2.87. The SMILES string of the molecule is CC1c2c(c3ccccc3n2C(=O)C(F)(F)F)CCN1C(=O)C(F)(F)F. The minimum atomic E-state index is -5.22. The lowest BCUT2D eigenvalue weighted by Crippen LogP contribution is -2.46. The number of hydrogen-bond donors (Lipinski definition) is 0. The summed E-state index contributed by atoms with van der Waals surface area (Å²) in [4.78, 5) is 24.0. The lowest BCUT2D eigenvalue weighted by Gasteiger charge is -2.35. The van der Waals surface area contributed by atoms with Gasteiger partial charge in [-0.25, -0.2) is 0 Å². The summed E-state index contributed by atoms with van der Waals surface area (Å²) in [6.07, 6.45) is -10.5. The van der Waals surface area contributed by atoms with Crippen molar-refractivity contribution < 1.29 is 35.9 Å². The van der Waals surface area contributed by atoms with E-state index in [9.17, 15) is 35.9 Å². The number of nitrogens with zero attached hydrogens (tertiary/aromatic N) is 2. The van der Waals surface area contributed by atoms with Crippen molar-refractivity contribution in [2.75, 3.05) is 6.54 Å². The Labute approximate surface area is 143 Å². The Balaban J connectivity index is 2.23. The zero-order chi connectivity index (χ0) is 19.4. The van der Waals surface area contributed by atoms with E-state index in [4.69, 9.17) is 0 Å². The van der Waals surface area contributed by atoms with Crippen LogP contribution in [-0.2, 0) is 11.2 Å². The Bertz CT molecular complexity index is 897. The summed E-state index contributed by atoms with van der Waals surface area (Å²) in [6.45, 7) is 0.876. The van der Waals surface area contributed by atoms with E-state index in [1.165, 1.54) is 25.1 Å². The van der Waals surface area contributed by atoms with Crippen LogP contribution < -0.4 is 0 Å². The van der Waals surface area contributed by atoms with Crippen LogP contribution in [0.5, 0.6) is 0 Å². The minimum Gasteiger partial charge on any atom is -0.326 e. The van der Waals surface area contributed by atoms with E-state index >= 15 is 0 Å². The first kappa shape index (κ1) is 18.3. The summed E-state index contributed by atoms with van der Waals surface area (Å²) in [7, 11) is 0. The quantitative estimate of drug-likeness (QED) is 0.654. The predicted molar refractivity (Wildman–Crippen MR) is 78.5 cm³/mol. The Hall–Kier alpha value is -2.52. The van der Waals surface area contributed by atoms with Gasteiger partial charge in [-0.15, -0.1) is 0 Å². The maximum Gasteiger partial charge on any atom is 0.472 e. The molecule has 0 radical (unpaired) electrons. The highest BCUT2D eigenvalue weighted by atomic mass is 19.4. The van der Waals surface area contributed by atoms with Crippen molar-refractivity contribution in [1.29, 1.82) is 0 Å². The summed E-state index contributed by atoms with van der Waals surface area (Å²) in [5, 5.41) is 0.353. The number of carbonyl (C=O) groups excluding carboxylic acids is 2. The fourth-order valence-corrected chi connectivity index (χ4v) is 3.39. The number of rotatable bonds is 0. The summed E-state index contributed by atoms with van der Waals surface area (Å²) >= 11 is 0. The third-order valence-corrected chi connectivity index (χ3v) is 4.44. The van der Waals surface area contributed by atoms with E-state index in [0.29, 0.717) is 20.4 Å². The van der Waals surface area contributed by atoms with E-state index < -0.39 is 30.2 Å². The van der Waals surface area contributed by atoms with Crippen molar-refractivity contribution in [2.45, 2.75) is 31.7 Å². The molecule has 1 amide bonds. The highest BCUT2D eigenvalue weighted by molar-refractivity contribution is 5.99. The zero-order valence-corrected chi connectivity index (χ0v) is 13.3. The maximum absolute atomic E-state index is 13.1. The highest BCUT2D eigenvalue weighted by Crippen LogP contribution is 2.39. The normalized spacial score (nSPS) is 18.1. The van der Waals surface area contributed by atoms with Gasteiger partial charge in [0.15, 0.2) is 0 Å². The smallest absolute Gasteiger partial charge is 0.326 e. The monoisotopic (exact) mass is 378 g/mol. The lowest BCUT2D eigenvalue weighted by atomic mass is 9.98. The molecule has 3 rings (SSSR count). The van der Waals surface area contributed by atoms with E-state index in [1.54, 1.807) is 6.07 Å². The zero-order valence-electron chi connectivity index (χ0n) is 13.3. The van der Waals surface area contributed by atoms with Gasteiger partial charge in [-0.3, -0.25) is 14.2 Å². The van der Waals surface area contributed by atoms with Gasteiger partial charge in [-0.05, 0) is 25.0 Å². The van der Waals surface area contributed by atoms with Crippen LogP contribution in [0.1, 0.15) is 29.0 Å². The molecule has 0 N–H and O–H groups in total. The van der Waals surface area contributed by atoms with Gasteiger partial charge in [0.2, 0.25) is 0 Å². The van der Waals surface area contributed by atoms with Gasteiger partial charge in [0.1, 0.15) is 0 Å². The Morgan fingerprint density at radius 3 is 2.15 bits per heavy atom. The largest absolute Gasteiger partial charge is 0.472 e. The van der Waals surface area contributed by atoms with Crippen molar-refractivity contribution in [1.82, 2.24) is 9.47 Å². The maximum atomic E-state index is 13.1. The highest BCUT2D eigenvalue weighted by Gasteiger charge is 2.48. The van der Waals surface area contributed by atoms with Gasteiger partial charge < -0.3 is 4.90 Å². The van der Waals surface area contributed by atoms with Gasteiger partial charge >= 0.3 is 24.2 Å². The second-order valence-electron chi connectivity index (χ2n) is 5.94. The average molecular weight is 378 g/mol. The Morgan fingerprint density at radius 2 is 1.58 bits per heavy atom. The first-order valence-electron chi connectivity index (χ1n) is 7.56. The molecule has 2 aromatic rings. The molecular formula is C16H12F6N2O2. The number of aromatic nitrogens is 1. The van der Waals surface area contributed by atoms with Crippen LogP contribution in [0.15, 0.2) is 24.3 Å². The van der Waals surface area contributed by atoms with Crippen LogP contribution in [-0.4, -0.2) is 40.2 Å². The number of fused-ring (bicyclic) bond motifs is 3. The molecule has 1 atom stereocenters. The lowest BCUT2D eigenvalue weighted by molar-refractivity contribution is -0.188. The molecule has 26 heavy (non-hydrogen) atoms. The molecule has 0 aliphatic carbocycles. The van der Waals surface area contributed by atoms with Crippen molar-refractivity contribution >= 4 is 22.7 Å². The van der Waals surface area contributed by atoms with Crippen molar-refractivity contribution in [3.05, 3.63) is 35.5 Å². The van der Waals surface area contributed by atoms with Crippen molar-refractivity contribution in [3.8, 4) is 0 Å². The molecule has 10 heteroatoms. The van der Waals surface area contributed by atoms with Crippen molar-refractivity contribution in [3.63, 3.8) is 0 Å². The number of para-hydroxylation sites is 1. The molecule has 2 heterocycles. The molecule has 1 aliphatic rings. The van der Waals surface area contributed by atoms with Crippen LogP contribution in [0.3, 0.4) is 0 Å². The van der Waals surface area contributed by atoms with Crippen LogP contribution in [0.2, 0.25) is 0 Å². The Morgan fingerprint density at radius 1 is 1.00 bits per heavy atom. The fourth-order valence-electron chi connectivity index (χ4n) is 3.39. The summed E-state index contributed by atoms with van der Waals surface area (Å²) < 4.78 is 77.9. The van der Waals surface area contributed by atoms with E-state index in [1.807, 2.05) is 0 Å². The number of alkyl halides is 6. The van der Waals surface area contributed by atoms with E-state index in [2.05, 4.69) is 0 Å². The number of benzene rings is 1. The number of hydrogen-bond acceptors (Lipinski definition) is 2. The molecule has 0 spiro atoms. The molecule has 0 fully saturated rings. The first-order valence-corrected chi connectivity index (χ1v) is 7.56. The summed E-state index contributed by atoms with van der Waals surface area (Å²) in [5.41, 5.74) is 0.0577. The fraction of sp³-hybridized carbons (Fsp3) is 0.375. The van der Waals surface area contributed by atoms with E-state index in [-0.39, 0.29) is 24.2 Å². The van der Waals surface area contributed by atoms with Gasteiger partial charge in [-0.2, -0.15) is 26.3 Å². The van der Waals surface area contributed by atoms with Crippen LogP contribution in [0, 0.1) is 0 Å². The standard InChI is InChI=1S/C16H12F6N2O2/c1-8-12-10(6-7-23(8)13(25)15(17,18)19)9-4-2-3-5-11(9)24(12)14(26)16(20,21)22/h2-5,8H,6-7H2,1H3. The van der Waals surface area contributed by atoms with Crippen LogP contribution >= 0.6 is 0 Å². The third kappa shape index (κ3) is 2.73. The topological polar surface area (TPSA) is 42.3 Å². The molecule has 4 nitrogen and oxygen atoms in total. The molecule has 1 unspecified atom stereocenters. The predicted octanol–water partition coefficient (Wildman–Crippen LogP) is 3.85. The second-order valence-corrected chi connectivity index (χ2v) is 5.94. The molecule has 0 bridgehead atoms. The molecule has 0 saturated heterocycles. The summed E-state index contributed by atoms with van der Waals surface area (Å²) in [6, 6.07) is 4.44. The van der Waals surface area contributed by atoms with Gasteiger partial charge in [0.25, 0.3) is 0 Å². The molecule has 140 valence electrons. The molecule has 1 aliphatic heterocycles. The molecule has 1 aromatic heterocycles. The van der Waals surface area contributed by atoms with Crippen molar-refractivity contribution in [2.24, 2.45) is 0 Å². The Kier molecular flexibility index (Phi) is 4.04. The number of carbonyl (C=O) groups is 2. The van der Waals surface area contributed by atoms with Gasteiger partial charge in [0.05, 0.1) is 17.3 Å². The second kappa shape index (κ2) is 5.75. The minimum absolute atomic E-state index is 0.0482.